The van der Waals surface area contributed by atoms with Gasteiger partial charge >= 0.3 is 0 Å². The fraction of sp³-hybridized carbons (Fsp3) is 0.818. The first-order valence-corrected chi connectivity index (χ1v) is 10.5. The van der Waals surface area contributed by atoms with Gasteiger partial charge in [-0.2, -0.15) is 0 Å². The Kier molecular flexibility index (Phi) is 11.0. The maximum atomic E-state index is 12.2. The minimum atomic E-state index is -0.735. The highest BCUT2D eigenvalue weighted by Crippen LogP contribution is 2.34. The fourth-order valence-corrected chi connectivity index (χ4v) is 3.85. The molecule has 3 N–H and O–H groups in total. The van der Waals surface area contributed by atoms with E-state index in [1.54, 1.807) is 0 Å². The predicted octanol–water partition coefficient (Wildman–Crippen LogP) is 3.34. The van der Waals surface area contributed by atoms with E-state index in [-0.39, 0.29) is 36.4 Å². The Hall–Kier alpha value is -1.04. The van der Waals surface area contributed by atoms with Crippen LogP contribution < -0.4 is 0 Å². The summed E-state index contributed by atoms with van der Waals surface area (Å²) in [5.74, 6) is -0.291. The SMILES string of the molecule is CCCC[C@@](C)(O)CC=C[C@H]1[C@H](O)CC(=O)[C@@H]1CCCCCCC(=O)CO. The molecule has 0 heterocycles. The van der Waals surface area contributed by atoms with Crippen molar-refractivity contribution in [2.24, 2.45) is 11.8 Å². The van der Waals surface area contributed by atoms with Crippen LogP contribution in [-0.4, -0.2) is 45.2 Å². The number of aliphatic hydroxyl groups is 3. The molecule has 1 fully saturated rings. The van der Waals surface area contributed by atoms with Crippen LogP contribution in [0.1, 0.15) is 84.5 Å². The molecule has 1 saturated carbocycles. The van der Waals surface area contributed by atoms with Crippen LogP contribution in [0.25, 0.3) is 0 Å². The third kappa shape index (κ3) is 9.13. The van der Waals surface area contributed by atoms with Crippen molar-refractivity contribution in [2.45, 2.75) is 96.2 Å². The van der Waals surface area contributed by atoms with Gasteiger partial charge in [0.25, 0.3) is 0 Å². The van der Waals surface area contributed by atoms with Crippen LogP contribution in [0.3, 0.4) is 0 Å². The Balaban J connectivity index is 2.42. The second-order valence-electron chi connectivity index (χ2n) is 8.30. The van der Waals surface area contributed by atoms with Gasteiger partial charge in [0.1, 0.15) is 12.4 Å². The third-order valence-corrected chi connectivity index (χ3v) is 5.61. The molecule has 0 aromatic heterocycles. The van der Waals surface area contributed by atoms with E-state index in [0.717, 1.165) is 51.4 Å². The first-order chi connectivity index (χ1) is 12.8. The van der Waals surface area contributed by atoms with Gasteiger partial charge in [-0.3, -0.25) is 9.59 Å². The second-order valence-corrected chi connectivity index (χ2v) is 8.30. The molecule has 4 atom stereocenters. The zero-order chi connectivity index (χ0) is 20.3. The van der Waals surface area contributed by atoms with Gasteiger partial charge in [-0.15, -0.1) is 0 Å². The number of hydrogen-bond donors (Lipinski definition) is 3. The van der Waals surface area contributed by atoms with Gasteiger partial charge in [-0.25, -0.2) is 0 Å². The molecule has 0 aromatic carbocycles. The van der Waals surface area contributed by atoms with E-state index in [1.807, 2.05) is 19.1 Å². The van der Waals surface area contributed by atoms with Crippen LogP contribution in [0.15, 0.2) is 12.2 Å². The maximum Gasteiger partial charge on any atom is 0.158 e. The molecule has 1 aliphatic rings. The average molecular weight is 383 g/mol. The summed E-state index contributed by atoms with van der Waals surface area (Å²) in [6.45, 7) is 3.55. The second kappa shape index (κ2) is 12.4. The van der Waals surface area contributed by atoms with Gasteiger partial charge in [0.2, 0.25) is 0 Å². The minimum Gasteiger partial charge on any atom is -0.392 e. The number of carbonyl (C=O) groups excluding carboxylic acids is 2. The summed E-state index contributed by atoms with van der Waals surface area (Å²) in [5.41, 5.74) is -0.735. The van der Waals surface area contributed by atoms with Gasteiger partial charge in [0.05, 0.1) is 11.7 Å². The first-order valence-electron chi connectivity index (χ1n) is 10.5. The highest BCUT2D eigenvalue weighted by molar-refractivity contribution is 5.84. The standard InChI is InChI=1S/C22H38O5/c1-3-4-13-22(2,27)14-9-12-19-18(20(25)15-21(19)26)11-8-6-5-7-10-17(24)16-23/h9,12,18-19,21,23,26-27H,3-8,10-11,13-16H2,1-2H3/t18-,19-,21-,22-/m1/s1. The summed E-state index contributed by atoms with van der Waals surface area (Å²) in [5, 5.41) is 29.3. The van der Waals surface area contributed by atoms with E-state index in [1.165, 1.54) is 0 Å². The van der Waals surface area contributed by atoms with E-state index in [2.05, 4.69) is 6.92 Å². The smallest absolute Gasteiger partial charge is 0.158 e. The van der Waals surface area contributed by atoms with Crippen molar-refractivity contribution in [3.63, 3.8) is 0 Å². The van der Waals surface area contributed by atoms with Crippen molar-refractivity contribution in [1.82, 2.24) is 0 Å². The van der Waals surface area contributed by atoms with Gasteiger partial charge in [-0.1, -0.05) is 51.2 Å². The number of aliphatic hydroxyl groups excluding tert-OH is 2. The summed E-state index contributed by atoms with van der Waals surface area (Å²) >= 11 is 0. The van der Waals surface area contributed by atoms with Crippen LogP contribution in [0, 0.1) is 11.8 Å². The molecule has 0 bridgehead atoms. The first kappa shape index (κ1) is 24.0. The van der Waals surface area contributed by atoms with Crippen molar-refractivity contribution in [2.75, 3.05) is 6.61 Å². The number of ketones is 2. The van der Waals surface area contributed by atoms with Crippen LogP contribution in [0.2, 0.25) is 0 Å². The lowest BCUT2D eigenvalue weighted by Crippen LogP contribution is -2.23. The zero-order valence-electron chi connectivity index (χ0n) is 17.0. The summed E-state index contributed by atoms with van der Waals surface area (Å²) in [6.07, 6.45) is 11.5. The summed E-state index contributed by atoms with van der Waals surface area (Å²) in [7, 11) is 0. The van der Waals surface area contributed by atoms with Gasteiger partial charge in [-0.05, 0) is 32.6 Å². The minimum absolute atomic E-state index is 0.121. The molecular formula is C22H38O5. The third-order valence-electron chi connectivity index (χ3n) is 5.61. The number of hydrogen-bond acceptors (Lipinski definition) is 5. The zero-order valence-corrected chi connectivity index (χ0v) is 17.0. The molecule has 0 radical (unpaired) electrons. The number of unbranched alkanes of at least 4 members (excludes halogenated alkanes) is 4. The highest BCUT2D eigenvalue weighted by Gasteiger charge is 2.39. The molecule has 156 valence electrons. The van der Waals surface area contributed by atoms with Crippen LogP contribution in [0.5, 0.6) is 0 Å². The number of Topliss-reactive ketones (excluding diaryl/α,β-unsaturated/α-hetero) is 2. The Bertz CT molecular complexity index is 483. The molecule has 27 heavy (non-hydrogen) atoms. The van der Waals surface area contributed by atoms with Crippen LogP contribution in [0.4, 0.5) is 0 Å². The van der Waals surface area contributed by atoms with Crippen molar-refractivity contribution < 1.29 is 24.9 Å². The van der Waals surface area contributed by atoms with Crippen molar-refractivity contribution >= 4 is 11.6 Å². The molecule has 1 aliphatic carbocycles. The van der Waals surface area contributed by atoms with Crippen LogP contribution in [-0.2, 0) is 9.59 Å². The lowest BCUT2D eigenvalue weighted by atomic mass is 9.87. The van der Waals surface area contributed by atoms with Gasteiger partial charge in [0, 0.05) is 24.7 Å². The largest absolute Gasteiger partial charge is 0.392 e. The fourth-order valence-electron chi connectivity index (χ4n) is 3.85. The van der Waals surface area contributed by atoms with Crippen molar-refractivity contribution in [1.29, 1.82) is 0 Å². The summed E-state index contributed by atoms with van der Waals surface area (Å²) in [4.78, 5) is 23.3. The Labute approximate surface area is 163 Å². The number of rotatable bonds is 14. The molecule has 5 nitrogen and oxygen atoms in total. The average Bonchev–Trinajstić information content (AvgIpc) is 2.89. The molecule has 0 aliphatic heterocycles. The van der Waals surface area contributed by atoms with E-state index < -0.39 is 11.7 Å². The van der Waals surface area contributed by atoms with E-state index >= 15 is 0 Å². The van der Waals surface area contributed by atoms with Gasteiger partial charge < -0.3 is 15.3 Å². The van der Waals surface area contributed by atoms with Crippen LogP contribution >= 0.6 is 0 Å². The van der Waals surface area contributed by atoms with Crippen molar-refractivity contribution in [3.05, 3.63) is 12.2 Å². The lowest BCUT2D eigenvalue weighted by molar-refractivity contribution is -0.122. The molecule has 0 amide bonds. The van der Waals surface area contributed by atoms with E-state index in [0.29, 0.717) is 12.8 Å². The van der Waals surface area contributed by atoms with E-state index in [4.69, 9.17) is 5.11 Å². The summed E-state index contributed by atoms with van der Waals surface area (Å²) in [6, 6.07) is 0. The Morgan fingerprint density at radius 2 is 1.93 bits per heavy atom. The lowest BCUT2D eigenvalue weighted by Gasteiger charge is -2.22. The highest BCUT2D eigenvalue weighted by atomic mass is 16.3. The Morgan fingerprint density at radius 3 is 2.59 bits per heavy atom. The molecule has 0 aromatic rings. The quantitative estimate of drug-likeness (QED) is 0.316. The molecule has 0 saturated heterocycles. The molecule has 1 rings (SSSR count). The normalized spacial score (nSPS) is 25.2. The van der Waals surface area contributed by atoms with Crippen molar-refractivity contribution in [3.8, 4) is 0 Å². The summed E-state index contributed by atoms with van der Waals surface area (Å²) < 4.78 is 0. The molecule has 0 spiro atoms. The predicted molar refractivity (Wildman–Crippen MR) is 106 cm³/mol. The van der Waals surface area contributed by atoms with E-state index in [9.17, 15) is 19.8 Å². The monoisotopic (exact) mass is 382 g/mol. The molecule has 0 unspecified atom stereocenters. The maximum absolute atomic E-state index is 12.2. The topological polar surface area (TPSA) is 94.8 Å². The number of carbonyl (C=O) groups is 2. The molecular weight excluding hydrogens is 344 g/mol. The molecule has 5 heteroatoms. The van der Waals surface area contributed by atoms with Gasteiger partial charge in [0.15, 0.2) is 5.78 Å². The Morgan fingerprint density at radius 1 is 1.22 bits per heavy atom.